The van der Waals surface area contributed by atoms with Crippen molar-refractivity contribution in [2.75, 3.05) is 26.5 Å². The third-order valence-corrected chi connectivity index (χ3v) is 2.99. The Balaban J connectivity index is 2.88. The van der Waals surface area contributed by atoms with Crippen LogP contribution in [0.3, 0.4) is 0 Å². The van der Waals surface area contributed by atoms with Gasteiger partial charge in [-0.25, -0.2) is 0 Å². The number of amides is 1. The number of nitrogen functional groups attached to an aromatic ring is 1. The molecule has 1 aromatic heterocycles. The second-order valence-corrected chi connectivity index (χ2v) is 4.57. The predicted octanol–water partition coefficient (Wildman–Crippen LogP) is 1.59. The molecule has 1 unspecified atom stereocenters. The van der Waals surface area contributed by atoms with E-state index in [0.717, 1.165) is 13.0 Å². The van der Waals surface area contributed by atoms with E-state index >= 15 is 0 Å². The van der Waals surface area contributed by atoms with Crippen molar-refractivity contribution in [3.63, 3.8) is 0 Å². The first-order valence-electron chi connectivity index (χ1n) is 6.23. The largest absolute Gasteiger partial charge is 0.397 e. The zero-order valence-electron chi connectivity index (χ0n) is 11.6. The summed E-state index contributed by atoms with van der Waals surface area (Å²) < 4.78 is 6.98. The highest BCUT2D eigenvalue weighted by atomic mass is 16.5. The molecule has 0 aromatic carbocycles. The number of anilines is 1. The number of hydrogen-bond acceptors (Lipinski definition) is 3. The first-order chi connectivity index (χ1) is 8.51. The van der Waals surface area contributed by atoms with Crippen molar-refractivity contribution in [2.45, 2.75) is 32.9 Å². The van der Waals surface area contributed by atoms with Gasteiger partial charge in [-0.1, -0.05) is 6.92 Å². The van der Waals surface area contributed by atoms with Crippen LogP contribution in [0.2, 0.25) is 0 Å². The van der Waals surface area contributed by atoms with Crippen LogP contribution in [0.25, 0.3) is 0 Å². The van der Waals surface area contributed by atoms with Crippen molar-refractivity contribution in [3.8, 4) is 0 Å². The molecule has 0 saturated heterocycles. The number of carbonyl (C=O) groups excluding carboxylic acids is 1. The van der Waals surface area contributed by atoms with Crippen LogP contribution >= 0.6 is 0 Å². The average molecular weight is 253 g/mol. The first kappa shape index (κ1) is 14.6. The maximum Gasteiger partial charge on any atom is 0.270 e. The fourth-order valence-electron chi connectivity index (χ4n) is 1.87. The van der Waals surface area contributed by atoms with Gasteiger partial charge in [0, 0.05) is 26.9 Å². The Morgan fingerprint density at radius 3 is 2.83 bits per heavy atom. The minimum atomic E-state index is -0.0234. The van der Waals surface area contributed by atoms with Gasteiger partial charge in [0.2, 0.25) is 0 Å². The molecule has 0 radical (unpaired) electrons. The molecule has 0 aliphatic carbocycles. The minimum absolute atomic E-state index is 0.0234. The molecule has 1 aromatic rings. The lowest BCUT2D eigenvalue weighted by Gasteiger charge is -2.24. The monoisotopic (exact) mass is 253 g/mol. The number of methoxy groups -OCH3 is 1. The van der Waals surface area contributed by atoms with Gasteiger partial charge in [0.05, 0.1) is 18.3 Å². The van der Waals surface area contributed by atoms with Gasteiger partial charge < -0.3 is 19.9 Å². The predicted molar refractivity (Wildman–Crippen MR) is 72.6 cm³/mol. The molecule has 0 bridgehead atoms. The summed E-state index contributed by atoms with van der Waals surface area (Å²) in [6.45, 7) is 5.34. The van der Waals surface area contributed by atoms with Gasteiger partial charge >= 0.3 is 0 Å². The summed E-state index contributed by atoms with van der Waals surface area (Å²) in [6.07, 6.45) is 2.78. The molecule has 0 spiro atoms. The van der Waals surface area contributed by atoms with Gasteiger partial charge in [-0.15, -0.1) is 0 Å². The summed E-state index contributed by atoms with van der Waals surface area (Å²) in [5.74, 6) is -0.0234. The maximum atomic E-state index is 12.4. The number of nitrogens with two attached hydrogens (primary N) is 1. The molecule has 1 atom stereocenters. The SMILES string of the molecule is CCCn1cc(N)cc1C(=O)N(C)C(C)COC. The van der Waals surface area contributed by atoms with Gasteiger partial charge in [0.1, 0.15) is 5.69 Å². The highest BCUT2D eigenvalue weighted by Crippen LogP contribution is 2.14. The number of rotatable bonds is 6. The number of carbonyl (C=O) groups is 1. The van der Waals surface area contributed by atoms with Crippen molar-refractivity contribution in [1.82, 2.24) is 9.47 Å². The van der Waals surface area contributed by atoms with E-state index in [1.165, 1.54) is 0 Å². The van der Waals surface area contributed by atoms with E-state index in [1.807, 2.05) is 17.7 Å². The van der Waals surface area contributed by atoms with E-state index < -0.39 is 0 Å². The van der Waals surface area contributed by atoms with Crippen LogP contribution in [0.5, 0.6) is 0 Å². The number of likely N-dealkylation sites (N-methyl/N-ethyl adjacent to an activating group) is 1. The van der Waals surface area contributed by atoms with E-state index in [2.05, 4.69) is 6.92 Å². The normalized spacial score (nSPS) is 12.4. The first-order valence-corrected chi connectivity index (χ1v) is 6.23. The molecule has 102 valence electrons. The average Bonchev–Trinajstić information content (AvgIpc) is 2.69. The smallest absolute Gasteiger partial charge is 0.270 e. The van der Waals surface area contributed by atoms with E-state index in [9.17, 15) is 4.79 Å². The fraction of sp³-hybridized carbons (Fsp3) is 0.615. The van der Waals surface area contributed by atoms with Gasteiger partial charge in [-0.2, -0.15) is 0 Å². The Morgan fingerprint density at radius 2 is 2.28 bits per heavy atom. The minimum Gasteiger partial charge on any atom is -0.397 e. The molecule has 0 fully saturated rings. The van der Waals surface area contributed by atoms with Gasteiger partial charge in [0.15, 0.2) is 0 Å². The molecule has 0 aliphatic rings. The summed E-state index contributed by atoms with van der Waals surface area (Å²) in [6, 6.07) is 1.77. The van der Waals surface area contributed by atoms with Crippen molar-refractivity contribution >= 4 is 11.6 Å². The quantitative estimate of drug-likeness (QED) is 0.837. The highest BCUT2D eigenvalue weighted by molar-refractivity contribution is 5.93. The Labute approximate surface area is 109 Å². The Hall–Kier alpha value is -1.49. The molecular formula is C13H23N3O2. The van der Waals surface area contributed by atoms with E-state index in [0.29, 0.717) is 18.0 Å². The molecule has 1 heterocycles. The summed E-state index contributed by atoms with van der Waals surface area (Å²) >= 11 is 0. The van der Waals surface area contributed by atoms with Gasteiger partial charge in [-0.3, -0.25) is 4.79 Å². The second kappa shape index (κ2) is 6.44. The molecule has 1 rings (SSSR count). The number of hydrogen-bond donors (Lipinski definition) is 1. The summed E-state index contributed by atoms with van der Waals surface area (Å²) in [4.78, 5) is 14.0. The number of aromatic nitrogens is 1. The summed E-state index contributed by atoms with van der Waals surface area (Å²) in [7, 11) is 3.41. The zero-order chi connectivity index (χ0) is 13.7. The Bertz CT molecular complexity index is 401. The lowest BCUT2D eigenvalue weighted by atomic mass is 10.2. The third-order valence-electron chi connectivity index (χ3n) is 2.99. The number of ether oxygens (including phenoxy) is 1. The zero-order valence-corrected chi connectivity index (χ0v) is 11.6. The molecule has 18 heavy (non-hydrogen) atoms. The molecule has 1 amide bonds. The molecule has 5 heteroatoms. The molecular weight excluding hydrogens is 230 g/mol. The number of nitrogens with zero attached hydrogens (tertiary/aromatic N) is 2. The van der Waals surface area contributed by atoms with Crippen LogP contribution < -0.4 is 5.73 Å². The molecule has 5 nitrogen and oxygen atoms in total. The van der Waals surface area contributed by atoms with Crippen LogP contribution in [0.1, 0.15) is 30.8 Å². The van der Waals surface area contributed by atoms with E-state index in [-0.39, 0.29) is 11.9 Å². The van der Waals surface area contributed by atoms with Crippen LogP contribution in [-0.2, 0) is 11.3 Å². The molecule has 2 N–H and O–H groups in total. The van der Waals surface area contributed by atoms with Crippen LogP contribution in [0.15, 0.2) is 12.3 Å². The standard InChI is InChI=1S/C13H23N3O2/c1-5-6-16-8-11(14)7-12(16)13(17)15(3)10(2)9-18-4/h7-8,10H,5-6,9,14H2,1-4H3. The van der Waals surface area contributed by atoms with Crippen LogP contribution in [0.4, 0.5) is 5.69 Å². The lowest BCUT2D eigenvalue weighted by molar-refractivity contribution is 0.0623. The summed E-state index contributed by atoms with van der Waals surface area (Å²) in [5, 5.41) is 0. The number of aryl methyl sites for hydroxylation is 1. The van der Waals surface area contributed by atoms with Crippen LogP contribution in [-0.4, -0.2) is 42.2 Å². The topological polar surface area (TPSA) is 60.5 Å². The lowest BCUT2D eigenvalue weighted by Crippen LogP contribution is -2.38. The Morgan fingerprint density at radius 1 is 1.61 bits per heavy atom. The van der Waals surface area contributed by atoms with E-state index in [1.54, 1.807) is 25.1 Å². The third kappa shape index (κ3) is 3.26. The van der Waals surface area contributed by atoms with Gasteiger partial charge in [0.25, 0.3) is 5.91 Å². The Kier molecular flexibility index (Phi) is 5.22. The van der Waals surface area contributed by atoms with Crippen molar-refractivity contribution in [3.05, 3.63) is 18.0 Å². The molecule has 0 aliphatic heterocycles. The van der Waals surface area contributed by atoms with Crippen molar-refractivity contribution in [2.24, 2.45) is 0 Å². The van der Waals surface area contributed by atoms with Gasteiger partial charge in [-0.05, 0) is 19.4 Å². The van der Waals surface area contributed by atoms with Crippen molar-refractivity contribution < 1.29 is 9.53 Å². The fourth-order valence-corrected chi connectivity index (χ4v) is 1.87. The highest BCUT2D eigenvalue weighted by Gasteiger charge is 2.20. The molecule has 0 saturated carbocycles. The maximum absolute atomic E-state index is 12.4. The van der Waals surface area contributed by atoms with Crippen LogP contribution in [0, 0.1) is 0 Å². The summed E-state index contributed by atoms with van der Waals surface area (Å²) in [5.41, 5.74) is 7.03. The van der Waals surface area contributed by atoms with E-state index in [4.69, 9.17) is 10.5 Å². The van der Waals surface area contributed by atoms with Crippen molar-refractivity contribution in [1.29, 1.82) is 0 Å². The second-order valence-electron chi connectivity index (χ2n) is 4.57.